The van der Waals surface area contributed by atoms with Gasteiger partial charge in [-0.1, -0.05) is 68.8 Å². The first-order chi connectivity index (χ1) is 17.3. The van der Waals surface area contributed by atoms with Gasteiger partial charge in [0.2, 0.25) is 5.91 Å². The van der Waals surface area contributed by atoms with E-state index < -0.39 is 0 Å². The maximum absolute atomic E-state index is 13.0. The Morgan fingerprint density at radius 2 is 1.72 bits per heavy atom. The molecule has 36 heavy (non-hydrogen) atoms. The predicted molar refractivity (Wildman–Crippen MR) is 146 cm³/mol. The Hall–Kier alpha value is -3.31. The van der Waals surface area contributed by atoms with Crippen molar-refractivity contribution < 1.29 is 9.53 Å². The summed E-state index contributed by atoms with van der Waals surface area (Å²) in [5, 5.41) is 0.590. The van der Waals surface area contributed by atoms with Crippen LogP contribution in [0.25, 0.3) is 11.0 Å². The number of aryl methyl sites for hydroxylation is 1. The number of imidazole rings is 1. The summed E-state index contributed by atoms with van der Waals surface area (Å²) in [6, 6.07) is 24.1. The van der Waals surface area contributed by atoms with E-state index in [9.17, 15) is 4.79 Å². The molecule has 0 bridgehead atoms. The van der Waals surface area contributed by atoms with E-state index in [1.807, 2.05) is 54.6 Å². The van der Waals surface area contributed by atoms with Gasteiger partial charge >= 0.3 is 0 Å². The molecule has 0 N–H and O–H groups in total. The lowest BCUT2D eigenvalue weighted by Crippen LogP contribution is -2.24. The molecule has 2 heterocycles. The molecule has 0 spiro atoms. The van der Waals surface area contributed by atoms with E-state index in [2.05, 4.69) is 43.5 Å². The minimum atomic E-state index is 0.00651. The Morgan fingerprint density at radius 1 is 1.00 bits per heavy atom. The van der Waals surface area contributed by atoms with Gasteiger partial charge in [0.05, 0.1) is 28.4 Å². The third-order valence-corrected chi connectivity index (χ3v) is 7.15. The molecule has 0 saturated carbocycles. The molecule has 1 fully saturated rings. The fourth-order valence-electron chi connectivity index (χ4n) is 4.89. The highest BCUT2D eigenvalue weighted by Crippen LogP contribution is 2.36. The zero-order valence-electron chi connectivity index (χ0n) is 21.1. The van der Waals surface area contributed by atoms with Gasteiger partial charge in [0.25, 0.3) is 0 Å². The molecule has 186 valence electrons. The lowest BCUT2D eigenvalue weighted by Gasteiger charge is -2.19. The average molecular weight is 502 g/mol. The van der Waals surface area contributed by atoms with Crippen LogP contribution in [0, 0.1) is 0 Å². The van der Waals surface area contributed by atoms with Crippen molar-refractivity contribution >= 4 is 34.2 Å². The maximum Gasteiger partial charge on any atom is 0.227 e. The molecule has 1 saturated heterocycles. The third kappa shape index (κ3) is 4.98. The van der Waals surface area contributed by atoms with Crippen LogP contribution >= 0.6 is 11.6 Å². The number of fused-ring (bicyclic) bond motifs is 1. The summed E-state index contributed by atoms with van der Waals surface area (Å²) in [5.41, 5.74) is 4.22. The van der Waals surface area contributed by atoms with E-state index in [0.717, 1.165) is 41.3 Å². The minimum absolute atomic E-state index is 0.00651. The van der Waals surface area contributed by atoms with Gasteiger partial charge < -0.3 is 14.2 Å². The molecule has 1 atom stereocenters. The monoisotopic (exact) mass is 501 g/mol. The van der Waals surface area contributed by atoms with Crippen LogP contribution in [0.3, 0.4) is 0 Å². The first kappa shape index (κ1) is 24.4. The minimum Gasteiger partial charge on any atom is -0.494 e. The van der Waals surface area contributed by atoms with Crippen molar-refractivity contribution in [2.45, 2.75) is 51.5 Å². The Balaban J connectivity index is 1.30. The number of anilines is 1. The summed E-state index contributed by atoms with van der Waals surface area (Å²) < 4.78 is 8.30. The van der Waals surface area contributed by atoms with Crippen LogP contribution in [0.15, 0.2) is 72.8 Å². The molecule has 0 radical (unpaired) electrons. The highest BCUT2D eigenvalue weighted by molar-refractivity contribution is 6.33. The van der Waals surface area contributed by atoms with Crippen molar-refractivity contribution in [2.24, 2.45) is 0 Å². The zero-order valence-corrected chi connectivity index (χ0v) is 21.8. The Labute approximate surface area is 217 Å². The Morgan fingerprint density at radius 3 is 2.47 bits per heavy atom. The van der Waals surface area contributed by atoms with E-state index in [4.69, 9.17) is 21.3 Å². The van der Waals surface area contributed by atoms with Crippen LogP contribution in [0.2, 0.25) is 5.02 Å². The van der Waals surface area contributed by atoms with Crippen LogP contribution in [0.5, 0.6) is 5.75 Å². The number of carbonyl (C=O) groups excluding carboxylic acids is 1. The summed E-state index contributed by atoms with van der Waals surface area (Å²) in [5.74, 6) is 1.92. The molecular weight excluding hydrogens is 470 g/mol. The highest BCUT2D eigenvalue weighted by atomic mass is 35.5. The van der Waals surface area contributed by atoms with Crippen molar-refractivity contribution in [3.05, 3.63) is 89.2 Å². The Bertz CT molecular complexity index is 1370. The number of aromatic nitrogens is 2. The van der Waals surface area contributed by atoms with Gasteiger partial charge in [0, 0.05) is 25.4 Å². The summed E-state index contributed by atoms with van der Waals surface area (Å²) in [6.07, 6.45) is 1.26. The number of hydrogen-bond acceptors (Lipinski definition) is 3. The van der Waals surface area contributed by atoms with Crippen molar-refractivity contribution in [1.82, 2.24) is 9.55 Å². The van der Waals surface area contributed by atoms with Gasteiger partial charge in [-0.05, 0) is 53.8 Å². The smallest absolute Gasteiger partial charge is 0.227 e. The summed E-state index contributed by atoms with van der Waals surface area (Å²) in [7, 11) is 0. The van der Waals surface area contributed by atoms with E-state index in [-0.39, 0.29) is 17.2 Å². The van der Waals surface area contributed by atoms with Crippen LogP contribution in [0.4, 0.5) is 5.69 Å². The Kier molecular flexibility index (Phi) is 6.76. The molecule has 1 unspecified atom stereocenters. The van der Waals surface area contributed by atoms with Gasteiger partial charge in [-0.3, -0.25) is 4.79 Å². The maximum atomic E-state index is 13.0. The molecule has 1 aliphatic heterocycles. The molecule has 1 aliphatic rings. The summed E-state index contributed by atoms with van der Waals surface area (Å²) in [4.78, 5) is 19.7. The van der Waals surface area contributed by atoms with Crippen LogP contribution in [-0.4, -0.2) is 28.6 Å². The first-order valence-electron chi connectivity index (χ1n) is 12.5. The largest absolute Gasteiger partial charge is 0.494 e. The summed E-state index contributed by atoms with van der Waals surface area (Å²) >= 11 is 6.40. The van der Waals surface area contributed by atoms with Gasteiger partial charge in [-0.25, -0.2) is 4.98 Å². The second kappa shape index (κ2) is 9.98. The fraction of sp³-hybridized carbons (Fsp3) is 0.333. The molecule has 1 aromatic heterocycles. The molecule has 3 aromatic carbocycles. The molecule has 5 rings (SSSR count). The number of amides is 1. The zero-order chi connectivity index (χ0) is 25.3. The molecule has 6 heteroatoms. The van der Waals surface area contributed by atoms with E-state index in [0.29, 0.717) is 24.6 Å². The number of ether oxygens (including phenoxy) is 1. The van der Waals surface area contributed by atoms with Crippen LogP contribution in [0.1, 0.15) is 50.9 Å². The van der Waals surface area contributed by atoms with E-state index >= 15 is 0 Å². The van der Waals surface area contributed by atoms with Gasteiger partial charge in [-0.2, -0.15) is 0 Å². The van der Waals surface area contributed by atoms with Crippen molar-refractivity contribution in [1.29, 1.82) is 0 Å². The van der Waals surface area contributed by atoms with E-state index in [1.165, 1.54) is 5.56 Å². The lowest BCUT2D eigenvalue weighted by molar-refractivity contribution is -0.117. The number of nitrogens with zero attached hydrogens (tertiary/aromatic N) is 3. The van der Waals surface area contributed by atoms with Crippen LogP contribution in [-0.2, 0) is 16.8 Å². The number of halogens is 1. The SMILES string of the molecule is CC(C)(C)c1ccc(OCCCn2c(C3CC(=O)N(c4ccccc4Cl)C3)nc3ccccc32)cc1. The number of rotatable bonds is 7. The molecule has 5 nitrogen and oxygen atoms in total. The van der Waals surface area contributed by atoms with Crippen molar-refractivity contribution in [2.75, 3.05) is 18.1 Å². The second-order valence-corrected chi connectivity index (χ2v) is 10.9. The standard InChI is InChI=1S/C30H32ClN3O2/c1-30(2,3)22-13-15-23(16-14-22)36-18-8-17-33-27-12-7-5-10-25(27)32-29(33)21-19-28(35)34(20-21)26-11-6-4-9-24(26)31/h4-7,9-16,21H,8,17-20H2,1-3H3. The number of hydrogen-bond donors (Lipinski definition) is 0. The van der Waals surface area contributed by atoms with Gasteiger partial charge in [0.1, 0.15) is 11.6 Å². The molecule has 4 aromatic rings. The fourth-order valence-corrected chi connectivity index (χ4v) is 5.13. The first-order valence-corrected chi connectivity index (χ1v) is 12.9. The van der Waals surface area contributed by atoms with E-state index in [1.54, 1.807) is 4.90 Å². The van der Waals surface area contributed by atoms with Crippen molar-refractivity contribution in [3.8, 4) is 5.75 Å². The summed E-state index contributed by atoms with van der Waals surface area (Å²) in [6.45, 7) is 8.58. The highest BCUT2D eigenvalue weighted by Gasteiger charge is 2.35. The molecule has 0 aliphatic carbocycles. The number of benzene rings is 3. The average Bonchev–Trinajstić information content (AvgIpc) is 3.42. The third-order valence-electron chi connectivity index (χ3n) is 6.83. The molecular formula is C30H32ClN3O2. The quantitative estimate of drug-likeness (QED) is 0.257. The predicted octanol–water partition coefficient (Wildman–Crippen LogP) is 6.98. The second-order valence-electron chi connectivity index (χ2n) is 10.4. The lowest BCUT2D eigenvalue weighted by atomic mass is 9.87. The van der Waals surface area contributed by atoms with Crippen LogP contribution < -0.4 is 9.64 Å². The van der Waals surface area contributed by atoms with Gasteiger partial charge in [0.15, 0.2) is 0 Å². The normalized spacial score (nSPS) is 16.2. The number of para-hydroxylation sites is 3. The van der Waals surface area contributed by atoms with Crippen molar-refractivity contribution in [3.63, 3.8) is 0 Å². The number of carbonyl (C=O) groups is 1. The topological polar surface area (TPSA) is 47.4 Å². The molecule has 1 amide bonds. The van der Waals surface area contributed by atoms with Gasteiger partial charge in [-0.15, -0.1) is 0 Å².